The third-order valence-electron chi connectivity index (χ3n) is 1.43. The Morgan fingerprint density at radius 1 is 1.69 bits per heavy atom. The van der Waals surface area contributed by atoms with Gasteiger partial charge in [-0.1, -0.05) is 11.6 Å². The molecule has 0 amide bonds. The molecule has 0 fully saturated rings. The van der Waals surface area contributed by atoms with E-state index in [0.29, 0.717) is 10.7 Å². The van der Waals surface area contributed by atoms with Gasteiger partial charge in [0.15, 0.2) is 0 Å². The molecule has 72 valence electrons. The van der Waals surface area contributed by atoms with Gasteiger partial charge in [-0.3, -0.25) is 4.68 Å². The first-order valence-corrected chi connectivity index (χ1v) is 4.28. The number of ether oxygens (including phenoxy) is 1. The predicted octanol–water partition coefficient (Wildman–Crippen LogP) is 1.64. The van der Waals surface area contributed by atoms with Gasteiger partial charge in [-0.05, 0) is 13.8 Å². The van der Waals surface area contributed by atoms with Crippen LogP contribution in [0.5, 0.6) is 0 Å². The Balaban J connectivity index is 2.83. The standard InChI is InChI=1S/C8H11ClN2O2/c1-5(2)13-8(12)6-4-10-11(3)7(6)9/h4-5H,1-3H3. The van der Waals surface area contributed by atoms with E-state index >= 15 is 0 Å². The Labute approximate surface area is 81.4 Å². The lowest BCUT2D eigenvalue weighted by molar-refractivity contribution is 0.0378. The van der Waals surface area contributed by atoms with Crippen LogP contribution in [0.4, 0.5) is 0 Å². The van der Waals surface area contributed by atoms with E-state index in [-0.39, 0.29) is 6.10 Å². The Hall–Kier alpha value is -1.03. The molecule has 0 aliphatic heterocycles. The molecule has 0 atom stereocenters. The van der Waals surface area contributed by atoms with Crippen LogP contribution in [0.3, 0.4) is 0 Å². The molecule has 0 unspecified atom stereocenters. The zero-order chi connectivity index (χ0) is 10.0. The second kappa shape index (κ2) is 3.79. The van der Waals surface area contributed by atoms with E-state index in [1.54, 1.807) is 20.9 Å². The van der Waals surface area contributed by atoms with Gasteiger partial charge in [-0.25, -0.2) is 4.79 Å². The minimum absolute atomic E-state index is 0.149. The number of aryl methyl sites for hydroxylation is 1. The van der Waals surface area contributed by atoms with Crippen LogP contribution in [0.1, 0.15) is 24.2 Å². The minimum atomic E-state index is -0.437. The van der Waals surface area contributed by atoms with Crippen molar-refractivity contribution in [2.24, 2.45) is 7.05 Å². The Morgan fingerprint density at radius 2 is 2.31 bits per heavy atom. The maximum atomic E-state index is 11.3. The third-order valence-corrected chi connectivity index (χ3v) is 1.88. The van der Waals surface area contributed by atoms with Crippen molar-refractivity contribution in [2.75, 3.05) is 0 Å². The van der Waals surface area contributed by atoms with Gasteiger partial charge < -0.3 is 4.74 Å². The highest BCUT2D eigenvalue weighted by Gasteiger charge is 2.16. The fourth-order valence-corrected chi connectivity index (χ4v) is 1.01. The van der Waals surface area contributed by atoms with Gasteiger partial charge in [0.1, 0.15) is 10.7 Å². The van der Waals surface area contributed by atoms with Crippen LogP contribution in [-0.2, 0) is 11.8 Å². The highest BCUT2D eigenvalue weighted by Crippen LogP contribution is 2.15. The lowest BCUT2D eigenvalue weighted by Gasteiger charge is -2.05. The van der Waals surface area contributed by atoms with Crippen LogP contribution in [0, 0.1) is 0 Å². The summed E-state index contributed by atoms with van der Waals surface area (Å²) in [5, 5.41) is 4.13. The molecule has 0 aromatic carbocycles. The lowest BCUT2D eigenvalue weighted by atomic mass is 10.3. The molecule has 4 nitrogen and oxygen atoms in total. The molecule has 1 heterocycles. The Kier molecular flexibility index (Phi) is 2.93. The van der Waals surface area contributed by atoms with Crippen LogP contribution < -0.4 is 0 Å². The largest absolute Gasteiger partial charge is 0.459 e. The number of aromatic nitrogens is 2. The molecule has 0 radical (unpaired) electrons. The molecular weight excluding hydrogens is 192 g/mol. The van der Waals surface area contributed by atoms with Crippen molar-refractivity contribution in [3.8, 4) is 0 Å². The van der Waals surface area contributed by atoms with E-state index in [4.69, 9.17) is 16.3 Å². The predicted molar refractivity (Wildman–Crippen MR) is 48.8 cm³/mol. The van der Waals surface area contributed by atoms with Crippen LogP contribution in [0.15, 0.2) is 6.20 Å². The minimum Gasteiger partial charge on any atom is -0.459 e. The summed E-state index contributed by atoms with van der Waals surface area (Å²) in [7, 11) is 1.66. The van der Waals surface area contributed by atoms with Crippen LogP contribution in [0.25, 0.3) is 0 Å². The molecule has 0 saturated carbocycles. The SMILES string of the molecule is CC(C)OC(=O)c1cnn(C)c1Cl. The number of halogens is 1. The van der Waals surface area contributed by atoms with Crippen molar-refractivity contribution in [1.82, 2.24) is 9.78 Å². The summed E-state index contributed by atoms with van der Waals surface area (Å²) in [5.41, 5.74) is 0.304. The summed E-state index contributed by atoms with van der Waals surface area (Å²) < 4.78 is 6.37. The molecule has 1 rings (SSSR count). The highest BCUT2D eigenvalue weighted by molar-refractivity contribution is 6.32. The zero-order valence-corrected chi connectivity index (χ0v) is 8.50. The molecular formula is C8H11ClN2O2. The number of carbonyl (C=O) groups is 1. The van der Waals surface area contributed by atoms with E-state index in [0.717, 1.165) is 0 Å². The topological polar surface area (TPSA) is 44.1 Å². The molecule has 1 aromatic rings. The summed E-state index contributed by atoms with van der Waals surface area (Å²) >= 11 is 5.79. The summed E-state index contributed by atoms with van der Waals surface area (Å²) in [5.74, 6) is -0.437. The molecule has 0 bridgehead atoms. The number of carbonyl (C=O) groups excluding carboxylic acids is 1. The van der Waals surface area contributed by atoms with E-state index in [2.05, 4.69) is 5.10 Å². The summed E-state index contributed by atoms with van der Waals surface area (Å²) in [6.45, 7) is 3.56. The van der Waals surface area contributed by atoms with Gasteiger partial charge >= 0.3 is 5.97 Å². The first-order chi connectivity index (χ1) is 6.02. The van der Waals surface area contributed by atoms with E-state index in [9.17, 15) is 4.79 Å². The summed E-state index contributed by atoms with van der Waals surface area (Å²) in [6, 6.07) is 0. The second-order valence-corrected chi connectivity index (χ2v) is 3.28. The molecule has 13 heavy (non-hydrogen) atoms. The number of hydrogen-bond acceptors (Lipinski definition) is 3. The van der Waals surface area contributed by atoms with Crippen LogP contribution >= 0.6 is 11.6 Å². The quantitative estimate of drug-likeness (QED) is 0.685. The van der Waals surface area contributed by atoms with Crippen molar-refractivity contribution < 1.29 is 9.53 Å². The van der Waals surface area contributed by atoms with Crippen LogP contribution in [0.2, 0.25) is 5.15 Å². The van der Waals surface area contributed by atoms with E-state index in [1.165, 1.54) is 10.9 Å². The molecule has 5 heteroatoms. The Bertz CT molecular complexity index is 320. The summed E-state index contributed by atoms with van der Waals surface area (Å²) in [6.07, 6.45) is 1.25. The molecule has 0 aliphatic carbocycles. The van der Waals surface area contributed by atoms with Crippen molar-refractivity contribution in [3.63, 3.8) is 0 Å². The van der Waals surface area contributed by atoms with Gasteiger partial charge in [0.25, 0.3) is 0 Å². The molecule has 0 spiro atoms. The number of esters is 1. The maximum Gasteiger partial charge on any atom is 0.343 e. The fourth-order valence-electron chi connectivity index (χ4n) is 0.837. The first-order valence-electron chi connectivity index (χ1n) is 3.91. The Morgan fingerprint density at radius 3 is 2.69 bits per heavy atom. The maximum absolute atomic E-state index is 11.3. The smallest absolute Gasteiger partial charge is 0.343 e. The van der Waals surface area contributed by atoms with Gasteiger partial charge in [0.05, 0.1) is 12.3 Å². The van der Waals surface area contributed by atoms with Crippen molar-refractivity contribution >= 4 is 17.6 Å². The lowest BCUT2D eigenvalue weighted by Crippen LogP contribution is -2.11. The normalized spacial score (nSPS) is 10.5. The molecule has 0 saturated heterocycles. The van der Waals surface area contributed by atoms with Gasteiger partial charge in [-0.15, -0.1) is 0 Å². The number of rotatable bonds is 2. The number of nitrogens with zero attached hydrogens (tertiary/aromatic N) is 2. The van der Waals surface area contributed by atoms with Gasteiger partial charge in [0.2, 0.25) is 0 Å². The van der Waals surface area contributed by atoms with Gasteiger partial charge in [0, 0.05) is 7.05 Å². The number of hydrogen-bond donors (Lipinski definition) is 0. The van der Waals surface area contributed by atoms with E-state index in [1.807, 2.05) is 0 Å². The van der Waals surface area contributed by atoms with Crippen molar-refractivity contribution in [1.29, 1.82) is 0 Å². The first kappa shape index (κ1) is 10.1. The summed E-state index contributed by atoms with van der Waals surface area (Å²) in [4.78, 5) is 11.3. The molecule has 0 aliphatic rings. The average Bonchev–Trinajstić information content (AvgIpc) is 2.31. The monoisotopic (exact) mass is 202 g/mol. The van der Waals surface area contributed by atoms with Crippen molar-refractivity contribution in [2.45, 2.75) is 20.0 Å². The molecule has 1 aromatic heterocycles. The van der Waals surface area contributed by atoms with Crippen LogP contribution in [-0.4, -0.2) is 21.9 Å². The average molecular weight is 203 g/mol. The van der Waals surface area contributed by atoms with Gasteiger partial charge in [-0.2, -0.15) is 5.10 Å². The second-order valence-electron chi connectivity index (χ2n) is 2.93. The fraction of sp³-hybridized carbons (Fsp3) is 0.500. The third kappa shape index (κ3) is 2.21. The highest BCUT2D eigenvalue weighted by atomic mass is 35.5. The molecule has 0 N–H and O–H groups in total. The van der Waals surface area contributed by atoms with E-state index < -0.39 is 5.97 Å². The zero-order valence-electron chi connectivity index (χ0n) is 7.74. The van der Waals surface area contributed by atoms with Crippen molar-refractivity contribution in [3.05, 3.63) is 16.9 Å².